The molecule has 1 aliphatic heterocycles. The second-order valence-corrected chi connectivity index (χ2v) is 13.1. The van der Waals surface area contributed by atoms with Crippen molar-refractivity contribution in [3.63, 3.8) is 0 Å². The van der Waals surface area contributed by atoms with Crippen LogP contribution in [-0.2, 0) is 25.5 Å². The topological polar surface area (TPSA) is 119 Å². The first-order chi connectivity index (χ1) is 21.3. The smallest absolute Gasteiger partial charge is 0.334 e. The Balaban J connectivity index is 1.31. The molecule has 1 aliphatic carbocycles. The fourth-order valence-corrected chi connectivity index (χ4v) is 5.95. The van der Waals surface area contributed by atoms with Crippen LogP contribution in [0.2, 0.25) is 0 Å². The molecular formula is C36H47N3O6. The van der Waals surface area contributed by atoms with Crippen LogP contribution in [0.4, 0.5) is 5.69 Å². The molecule has 1 aromatic carbocycles. The average molecular weight is 618 g/mol. The van der Waals surface area contributed by atoms with E-state index in [1.807, 2.05) is 19.1 Å². The van der Waals surface area contributed by atoms with Crippen molar-refractivity contribution < 1.29 is 29.0 Å². The van der Waals surface area contributed by atoms with Crippen LogP contribution in [0.25, 0.3) is 5.57 Å². The summed E-state index contributed by atoms with van der Waals surface area (Å²) < 4.78 is 10.5. The molecule has 2 heterocycles. The number of hydrogen-bond donors (Lipinski definition) is 1. The third-order valence-electron chi connectivity index (χ3n) is 8.28. The lowest BCUT2D eigenvalue weighted by Gasteiger charge is -2.33. The minimum atomic E-state index is -0.568. The van der Waals surface area contributed by atoms with Crippen molar-refractivity contribution in [1.82, 2.24) is 9.97 Å². The van der Waals surface area contributed by atoms with Crippen LogP contribution in [0.3, 0.4) is 0 Å². The van der Waals surface area contributed by atoms with Gasteiger partial charge < -0.3 is 19.5 Å². The number of benzene rings is 1. The van der Waals surface area contributed by atoms with Crippen LogP contribution in [0.5, 0.6) is 5.75 Å². The summed E-state index contributed by atoms with van der Waals surface area (Å²) in [5.74, 6) is 0.109. The molecule has 1 aromatic heterocycles. The van der Waals surface area contributed by atoms with Crippen molar-refractivity contribution in [3.8, 4) is 5.75 Å². The van der Waals surface area contributed by atoms with Gasteiger partial charge in [0.1, 0.15) is 11.4 Å². The standard InChI is InChI=1S/C36H47N3O6/c1-7-44-35(43)27-13-16-29(23(2)21-27)26-11-14-28(15-12-26)39-19-17-25(18-20-39)22-31-37-24(3)34(42)33(38-31)30(40)9-8-10-32(41)45-36(4,5)6/h11-16,23,25,42H,7-10,17-22H2,1-6H3. The van der Waals surface area contributed by atoms with E-state index in [1.54, 1.807) is 27.7 Å². The number of aromatic nitrogens is 2. The number of allylic oxidation sites excluding steroid dienone is 3. The molecule has 45 heavy (non-hydrogen) atoms. The van der Waals surface area contributed by atoms with Crippen molar-refractivity contribution in [3.05, 3.63) is 64.8 Å². The quantitative estimate of drug-likeness (QED) is 0.221. The number of nitrogens with zero attached hydrogens (tertiary/aromatic N) is 3. The van der Waals surface area contributed by atoms with E-state index in [-0.39, 0.29) is 47.9 Å². The van der Waals surface area contributed by atoms with Gasteiger partial charge in [0.15, 0.2) is 17.2 Å². The molecule has 0 bridgehead atoms. The van der Waals surface area contributed by atoms with Crippen LogP contribution < -0.4 is 4.90 Å². The number of ether oxygens (including phenoxy) is 2. The number of rotatable bonds is 11. The highest BCUT2D eigenvalue weighted by Gasteiger charge is 2.25. The Bertz CT molecular complexity index is 1450. The molecule has 1 saturated heterocycles. The van der Waals surface area contributed by atoms with Crippen LogP contribution in [0, 0.1) is 18.8 Å². The summed E-state index contributed by atoms with van der Waals surface area (Å²) in [5, 5.41) is 10.5. The number of carbonyl (C=O) groups excluding carboxylic acids is 3. The normalized spacial score (nSPS) is 17.4. The van der Waals surface area contributed by atoms with Gasteiger partial charge in [0, 0.05) is 43.6 Å². The molecule has 0 radical (unpaired) electrons. The van der Waals surface area contributed by atoms with Crippen molar-refractivity contribution in [2.45, 2.75) is 92.1 Å². The summed E-state index contributed by atoms with van der Waals surface area (Å²) in [5.41, 5.74) is 4.14. The Labute approximate surface area is 266 Å². The molecule has 0 amide bonds. The number of ketones is 1. The fraction of sp³-hybridized carbons (Fsp3) is 0.528. The van der Waals surface area contributed by atoms with E-state index in [0.29, 0.717) is 43.3 Å². The van der Waals surface area contributed by atoms with Crippen LogP contribution >= 0.6 is 0 Å². The van der Waals surface area contributed by atoms with Gasteiger partial charge in [0.05, 0.1) is 12.3 Å². The number of piperidine rings is 1. The van der Waals surface area contributed by atoms with Crippen LogP contribution in [0.15, 0.2) is 42.0 Å². The van der Waals surface area contributed by atoms with Crippen molar-refractivity contribution >= 4 is 29.0 Å². The lowest BCUT2D eigenvalue weighted by atomic mass is 9.84. The molecule has 2 aromatic rings. The highest BCUT2D eigenvalue weighted by molar-refractivity contribution is 5.97. The van der Waals surface area contributed by atoms with Crippen molar-refractivity contribution in [2.75, 3.05) is 24.6 Å². The summed E-state index contributed by atoms with van der Waals surface area (Å²) in [6, 6.07) is 8.65. The molecule has 4 rings (SSSR count). The number of carbonyl (C=O) groups is 3. The average Bonchev–Trinajstić information content (AvgIpc) is 2.98. The summed E-state index contributed by atoms with van der Waals surface area (Å²) >= 11 is 0. The Kier molecular flexibility index (Phi) is 11.2. The van der Waals surface area contributed by atoms with Crippen molar-refractivity contribution in [1.29, 1.82) is 0 Å². The zero-order valence-corrected chi connectivity index (χ0v) is 27.5. The monoisotopic (exact) mass is 617 g/mol. The Morgan fingerprint density at radius 1 is 1.02 bits per heavy atom. The number of aryl methyl sites for hydroxylation is 1. The largest absolute Gasteiger partial charge is 0.504 e. The lowest BCUT2D eigenvalue weighted by Crippen LogP contribution is -2.34. The van der Waals surface area contributed by atoms with Crippen molar-refractivity contribution in [2.24, 2.45) is 11.8 Å². The molecule has 9 nitrogen and oxygen atoms in total. The number of anilines is 1. The Hall–Kier alpha value is -4.01. The van der Waals surface area contributed by atoms with Gasteiger partial charge in [-0.15, -0.1) is 0 Å². The van der Waals surface area contributed by atoms with Gasteiger partial charge in [-0.1, -0.05) is 31.2 Å². The molecule has 1 N–H and O–H groups in total. The minimum Gasteiger partial charge on any atom is -0.504 e. The zero-order chi connectivity index (χ0) is 32.7. The lowest BCUT2D eigenvalue weighted by molar-refractivity contribution is -0.154. The van der Waals surface area contributed by atoms with Gasteiger partial charge in [-0.05, 0) is 95.4 Å². The molecule has 9 heteroatoms. The van der Waals surface area contributed by atoms with E-state index in [9.17, 15) is 19.5 Å². The number of Topliss-reactive ketones (excluding diaryl/α,β-unsaturated/α-hetero) is 1. The molecule has 1 unspecified atom stereocenters. The Morgan fingerprint density at radius 2 is 1.71 bits per heavy atom. The first-order valence-electron chi connectivity index (χ1n) is 16.1. The molecular weight excluding hydrogens is 570 g/mol. The highest BCUT2D eigenvalue weighted by atomic mass is 16.6. The molecule has 1 fully saturated rings. The second kappa shape index (κ2) is 14.8. The Morgan fingerprint density at radius 3 is 2.33 bits per heavy atom. The van der Waals surface area contributed by atoms with E-state index in [2.05, 4.69) is 46.1 Å². The number of aromatic hydroxyl groups is 1. The zero-order valence-electron chi connectivity index (χ0n) is 27.5. The highest BCUT2D eigenvalue weighted by Crippen LogP contribution is 2.34. The van der Waals surface area contributed by atoms with Gasteiger partial charge in [-0.3, -0.25) is 9.59 Å². The van der Waals surface area contributed by atoms with E-state index < -0.39 is 5.60 Å². The maximum atomic E-state index is 12.9. The van der Waals surface area contributed by atoms with Gasteiger partial charge in [-0.2, -0.15) is 0 Å². The minimum absolute atomic E-state index is 0.0363. The summed E-state index contributed by atoms with van der Waals surface area (Å²) in [6.07, 6.45) is 7.73. The van der Waals surface area contributed by atoms with Gasteiger partial charge in [0.2, 0.25) is 0 Å². The molecule has 1 atom stereocenters. The molecule has 0 saturated carbocycles. The summed E-state index contributed by atoms with van der Waals surface area (Å²) in [4.78, 5) is 48.4. The summed E-state index contributed by atoms with van der Waals surface area (Å²) in [6.45, 7) is 13.3. The van der Waals surface area contributed by atoms with Gasteiger partial charge in [0.25, 0.3) is 0 Å². The molecule has 2 aliphatic rings. The third-order valence-corrected chi connectivity index (χ3v) is 8.28. The maximum Gasteiger partial charge on any atom is 0.334 e. The molecule has 0 spiro atoms. The summed E-state index contributed by atoms with van der Waals surface area (Å²) in [7, 11) is 0. The third kappa shape index (κ3) is 9.25. The fourth-order valence-electron chi connectivity index (χ4n) is 5.95. The van der Waals surface area contributed by atoms with E-state index in [0.717, 1.165) is 37.1 Å². The number of esters is 2. The van der Waals surface area contributed by atoms with E-state index >= 15 is 0 Å². The number of hydrogen-bond acceptors (Lipinski definition) is 9. The van der Waals surface area contributed by atoms with E-state index in [4.69, 9.17) is 9.47 Å². The molecule has 242 valence electrons. The SMILES string of the molecule is CCOC(=O)C1=CC=C(c2ccc(N3CCC(Cc4nc(C)c(O)c(C(=O)CCCC(=O)OC(C)(C)C)n4)CC3)cc2)C(C)C1. The second-order valence-electron chi connectivity index (χ2n) is 13.1. The van der Waals surface area contributed by atoms with Crippen LogP contribution in [0.1, 0.15) is 101 Å². The van der Waals surface area contributed by atoms with Gasteiger partial charge in [-0.25, -0.2) is 14.8 Å². The van der Waals surface area contributed by atoms with Gasteiger partial charge >= 0.3 is 11.9 Å². The maximum absolute atomic E-state index is 12.9. The first-order valence-corrected chi connectivity index (χ1v) is 16.1. The predicted octanol–water partition coefficient (Wildman–Crippen LogP) is 6.56. The predicted molar refractivity (Wildman–Crippen MR) is 174 cm³/mol. The first kappa shape index (κ1) is 33.9. The van der Waals surface area contributed by atoms with Crippen LogP contribution in [-0.4, -0.2) is 58.1 Å². The van der Waals surface area contributed by atoms with E-state index in [1.165, 1.54) is 11.3 Å².